The van der Waals surface area contributed by atoms with Crippen LogP contribution >= 0.6 is 0 Å². The molecule has 0 bridgehead atoms. The Labute approximate surface area is 163 Å². The van der Waals surface area contributed by atoms with E-state index in [4.69, 9.17) is 9.57 Å². The fourth-order valence-corrected chi connectivity index (χ4v) is 3.40. The molecule has 0 aromatic heterocycles. The van der Waals surface area contributed by atoms with Crippen molar-refractivity contribution in [2.45, 2.75) is 31.9 Å². The van der Waals surface area contributed by atoms with Crippen LogP contribution in [0.15, 0.2) is 53.7 Å². The van der Waals surface area contributed by atoms with E-state index in [1.807, 2.05) is 29.2 Å². The van der Waals surface area contributed by atoms with Crippen molar-refractivity contribution in [3.8, 4) is 5.75 Å². The Kier molecular flexibility index (Phi) is 5.28. The number of amides is 1. The highest BCUT2D eigenvalue weighted by atomic mass is 19.1. The summed E-state index contributed by atoms with van der Waals surface area (Å²) in [4.78, 5) is 20.3. The predicted octanol–water partition coefficient (Wildman–Crippen LogP) is 3.77. The zero-order valence-electron chi connectivity index (χ0n) is 15.8. The smallest absolute Gasteiger partial charge is 0.226 e. The molecule has 2 aromatic rings. The molecule has 1 saturated carbocycles. The summed E-state index contributed by atoms with van der Waals surface area (Å²) < 4.78 is 18.4. The van der Waals surface area contributed by atoms with Crippen LogP contribution < -0.4 is 4.74 Å². The molecule has 28 heavy (non-hydrogen) atoms. The Bertz CT molecular complexity index is 878. The molecular weight excluding hydrogens is 359 g/mol. The molecule has 1 aliphatic heterocycles. The maximum atomic E-state index is 13.1. The summed E-state index contributed by atoms with van der Waals surface area (Å²) in [6.07, 6.45) is 2.30. The third kappa shape index (κ3) is 4.32. The number of halogens is 1. The van der Waals surface area contributed by atoms with Gasteiger partial charge in [0.2, 0.25) is 5.91 Å². The van der Waals surface area contributed by atoms with Crippen molar-refractivity contribution >= 4 is 11.6 Å². The SMILES string of the molecule is COc1cccc(CN(C[C@H]2CC(c3ccc(F)cc3)=NO2)C(=O)C2CC2)c1. The van der Waals surface area contributed by atoms with Gasteiger partial charge in [0.05, 0.1) is 19.4 Å². The summed E-state index contributed by atoms with van der Waals surface area (Å²) in [6.45, 7) is 0.985. The minimum absolute atomic E-state index is 0.129. The second-order valence-electron chi connectivity index (χ2n) is 7.32. The summed E-state index contributed by atoms with van der Waals surface area (Å²) in [5.74, 6) is 0.792. The minimum atomic E-state index is -0.278. The van der Waals surface area contributed by atoms with E-state index in [0.29, 0.717) is 19.5 Å². The number of ether oxygens (including phenoxy) is 1. The number of carbonyl (C=O) groups excluding carboxylic acids is 1. The van der Waals surface area contributed by atoms with Gasteiger partial charge >= 0.3 is 0 Å². The van der Waals surface area contributed by atoms with Gasteiger partial charge in [-0.25, -0.2) is 4.39 Å². The average molecular weight is 382 g/mol. The van der Waals surface area contributed by atoms with E-state index in [9.17, 15) is 9.18 Å². The monoisotopic (exact) mass is 382 g/mol. The number of benzene rings is 2. The molecule has 4 rings (SSSR count). The van der Waals surface area contributed by atoms with E-state index in [1.54, 1.807) is 19.2 Å². The number of nitrogens with zero attached hydrogens (tertiary/aromatic N) is 2. The molecule has 1 aliphatic carbocycles. The van der Waals surface area contributed by atoms with Gasteiger partial charge in [-0.3, -0.25) is 4.79 Å². The fraction of sp³-hybridized carbons (Fsp3) is 0.364. The third-order valence-corrected chi connectivity index (χ3v) is 5.08. The van der Waals surface area contributed by atoms with Crippen molar-refractivity contribution in [1.82, 2.24) is 4.90 Å². The lowest BCUT2D eigenvalue weighted by Gasteiger charge is -2.25. The van der Waals surface area contributed by atoms with Gasteiger partial charge in [0, 0.05) is 18.9 Å². The van der Waals surface area contributed by atoms with Crippen LogP contribution in [0.1, 0.15) is 30.4 Å². The number of carbonyl (C=O) groups is 1. The van der Waals surface area contributed by atoms with E-state index in [-0.39, 0.29) is 23.7 Å². The minimum Gasteiger partial charge on any atom is -0.497 e. The quantitative estimate of drug-likeness (QED) is 0.733. The van der Waals surface area contributed by atoms with Crippen LogP contribution in [0, 0.1) is 11.7 Å². The number of hydrogen-bond donors (Lipinski definition) is 0. The van der Waals surface area contributed by atoms with Crippen LogP contribution in [-0.4, -0.2) is 36.3 Å². The van der Waals surface area contributed by atoms with E-state index < -0.39 is 0 Å². The van der Waals surface area contributed by atoms with Crippen LogP contribution in [0.4, 0.5) is 4.39 Å². The lowest BCUT2D eigenvalue weighted by atomic mass is 10.0. The van der Waals surface area contributed by atoms with Crippen molar-refractivity contribution in [2.24, 2.45) is 11.1 Å². The molecule has 6 heteroatoms. The first-order valence-corrected chi connectivity index (χ1v) is 9.52. The van der Waals surface area contributed by atoms with Gasteiger partial charge < -0.3 is 14.5 Å². The first kappa shape index (κ1) is 18.5. The summed E-state index contributed by atoms with van der Waals surface area (Å²) in [6, 6.07) is 14.0. The number of oxime groups is 1. The largest absolute Gasteiger partial charge is 0.497 e. The first-order chi connectivity index (χ1) is 13.6. The molecule has 0 spiro atoms. The molecule has 0 unspecified atom stereocenters. The Balaban J connectivity index is 1.43. The van der Waals surface area contributed by atoms with Crippen molar-refractivity contribution in [2.75, 3.05) is 13.7 Å². The maximum absolute atomic E-state index is 13.1. The molecule has 1 atom stereocenters. The van der Waals surface area contributed by atoms with Gasteiger partial charge in [-0.15, -0.1) is 0 Å². The molecule has 0 radical (unpaired) electrons. The Morgan fingerprint density at radius 2 is 2.04 bits per heavy atom. The van der Waals surface area contributed by atoms with Gasteiger partial charge in [0.1, 0.15) is 11.6 Å². The Morgan fingerprint density at radius 1 is 1.25 bits per heavy atom. The van der Waals surface area contributed by atoms with Gasteiger partial charge in [-0.1, -0.05) is 29.4 Å². The molecule has 5 nitrogen and oxygen atoms in total. The molecular formula is C22H23FN2O3. The van der Waals surface area contributed by atoms with Crippen LogP contribution in [0.3, 0.4) is 0 Å². The normalized spacial score (nSPS) is 18.4. The lowest BCUT2D eigenvalue weighted by molar-refractivity contribution is -0.135. The summed E-state index contributed by atoms with van der Waals surface area (Å²) >= 11 is 0. The Morgan fingerprint density at radius 3 is 2.75 bits per heavy atom. The van der Waals surface area contributed by atoms with E-state index in [2.05, 4.69) is 5.16 Å². The van der Waals surface area contributed by atoms with E-state index >= 15 is 0 Å². The Hall–Kier alpha value is -2.89. The molecule has 1 heterocycles. The molecule has 2 aromatic carbocycles. The van der Waals surface area contributed by atoms with Gasteiger partial charge in [-0.2, -0.15) is 0 Å². The van der Waals surface area contributed by atoms with Crippen molar-refractivity contribution in [1.29, 1.82) is 0 Å². The maximum Gasteiger partial charge on any atom is 0.226 e. The zero-order chi connectivity index (χ0) is 19.5. The molecule has 0 N–H and O–H groups in total. The molecule has 146 valence electrons. The zero-order valence-corrected chi connectivity index (χ0v) is 15.8. The molecule has 1 fully saturated rings. The molecule has 2 aliphatic rings. The summed E-state index contributed by atoms with van der Waals surface area (Å²) in [5.41, 5.74) is 2.65. The van der Waals surface area contributed by atoms with Crippen LogP contribution in [0.25, 0.3) is 0 Å². The summed E-state index contributed by atoms with van der Waals surface area (Å²) in [5, 5.41) is 4.16. The highest BCUT2D eigenvalue weighted by Gasteiger charge is 2.35. The highest BCUT2D eigenvalue weighted by molar-refractivity contribution is 6.01. The number of rotatable bonds is 7. The summed E-state index contributed by atoms with van der Waals surface area (Å²) in [7, 11) is 1.63. The first-order valence-electron chi connectivity index (χ1n) is 9.52. The second-order valence-corrected chi connectivity index (χ2v) is 7.32. The standard InChI is InChI=1S/C22H23FN2O3/c1-27-19-4-2-3-15(11-19)13-25(22(26)17-5-6-17)14-20-12-21(24-28-20)16-7-9-18(23)10-8-16/h2-4,7-11,17,20H,5-6,12-14H2,1H3/t20-/m1/s1. The predicted molar refractivity (Wildman–Crippen MR) is 104 cm³/mol. The van der Waals surface area contributed by atoms with Gasteiger partial charge in [0.15, 0.2) is 6.10 Å². The molecule has 1 amide bonds. The number of hydrogen-bond acceptors (Lipinski definition) is 4. The van der Waals surface area contributed by atoms with Crippen LogP contribution in [0.5, 0.6) is 5.75 Å². The third-order valence-electron chi connectivity index (χ3n) is 5.08. The van der Waals surface area contributed by atoms with E-state index in [0.717, 1.165) is 35.4 Å². The highest BCUT2D eigenvalue weighted by Crippen LogP contribution is 2.32. The van der Waals surface area contributed by atoms with Gasteiger partial charge in [-0.05, 0) is 48.2 Å². The fourth-order valence-electron chi connectivity index (χ4n) is 3.40. The van der Waals surface area contributed by atoms with Crippen molar-refractivity contribution < 1.29 is 18.8 Å². The lowest BCUT2D eigenvalue weighted by Crippen LogP contribution is -2.38. The van der Waals surface area contributed by atoms with Gasteiger partial charge in [0.25, 0.3) is 0 Å². The van der Waals surface area contributed by atoms with Crippen molar-refractivity contribution in [3.05, 3.63) is 65.5 Å². The second kappa shape index (κ2) is 8.00. The topological polar surface area (TPSA) is 51.1 Å². The van der Waals surface area contributed by atoms with Crippen LogP contribution in [0.2, 0.25) is 0 Å². The van der Waals surface area contributed by atoms with E-state index in [1.165, 1.54) is 12.1 Å². The van der Waals surface area contributed by atoms with Crippen molar-refractivity contribution in [3.63, 3.8) is 0 Å². The van der Waals surface area contributed by atoms with Crippen LogP contribution in [-0.2, 0) is 16.2 Å². The molecule has 0 saturated heterocycles. The number of methoxy groups -OCH3 is 1. The average Bonchev–Trinajstić information content (AvgIpc) is 3.47.